The first-order valence-corrected chi connectivity index (χ1v) is 9.80. The van der Waals surface area contributed by atoms with Crippen LogP contribution in [0.4, 0.5) is 18.9 Å². The van der Waals surface area contributed by atoms with Gasteiger partial charge >= 0.3 is 6.18 Å². The molecule has 164 valence electrons. The van der Waals surface area contributed by atoms with E-state index < -0.39 is 17.6 Å². The molecule has 0 bridgehead atoms. The van der Waals surface area contributed by atoms with E-state index in [1.165, 1.54) is 10.7 Å². The van der Waals surface area contributed by atoms with Gasteiger partial charge in [-0.25, -0.2) is 4.68 Å². The molecule has 0 saturated carbocycles. The summed E-state index contributed by atoms with van der Waals surface area (Å²) in [5.41, 5.74) is -1.46. The quantitative estimate of drug-likeness (QED) is 0.591. The number of hydrogen-bond donors (Lipinski definition) is 1. The van der Waals surface area contributed by atoms with Crippen molar-refractivity contribution in [1.82, 2.24) is 9.78 Å². The zero-order chi connectivity index (χ0) is 22.8. The Labute approximate surface area is 176 Å². The summed E-state index contributed by atoms with van der Waals surface area (Å²) in [5.74, 6) is -0.629. The van der Waals surface area contributed by atoms with E-state index >= 15 is 0 Å². The Bertz CT molecular complexity index is 1170. The number of carbonyl (C=O) groups is 1. The Kier molecular flexibility index (Phi) is 6.33. The summed E-state index contributed by atoms with van der Waals surface area (Å²) in [7, 11) is 0. The van der Waals surface area contributed by atoms with Crippen LogP contribution in [0.2, 0.25) is 0 Å². The second kappa shape index (κ2) is 8.79. The average Bonchev–Trinajstić information content (AvgIpc) is 2.72. The van der Waals surface area contributed by atoms with Crippen molar-refractivity contribution in [2.75, 3.05) is 11.9 Å². The van der Waals surface area contributed by atoms with E-state index in [0.717, 1.165) is 12.1 Å². The molecule has 9 heteroatoms. The van der Waals surface area contributed by atoms with E-state index in [1.807, 2.05) is 6.92 Å². The van der Waals surface area contributed by atoms with Crippen LogP contribution < -0.4 is 15.6 Å². The van der Waals surface area contributed by atoms with Crippen molar-refractivity contribution in [3.05, 3.63) is 64.1 Å². The topological polar surface area (TPSA) is 73.2 Å². The Balaban J connectivity index is 2.10. The maximum atomic E-state index is 13.2. The number of ether oxygens (including phenoxy) is 1. The van der Waals surface area contributed by atoms with Gasteiger partial charge in [0.25, 0.3) is 11.5 Å². The molecular formula is C22H22F3N3O3. The van der Waals surface area contributed by atoms with Crippen LogP contribution in [0.5, 0.6) is 5.75 Å². The summed E-state index contributed by atoms with van der Waals surface area (Å²) in [6.07, 6.45) is -3.95. The number of carbonyl (C=O) groups excluding carboxylic acids is 1. The van der Waals surface area contributed by atoms with Crippen LogP contribution in [-0.2, 0) is 6.18 Å². The summed E-state index contributed by atoms with van der Waals surface area (Å²) in [5, 5.41) is 7.28. The van der Waals surface area contributed by atoms with Gasteiger partial charge in [-0.1, -0.05) is 25.1 Å². The molecule has 0 aliphatic rings. The molecule has 1 N–H and O–H groups in total. The Morgan fingerprint density at radius 3 is 2.45 bits per heavy atom. The van der Waals surface area contributed by atoms with Crippen molar-refractivity contribution in [2.24, 2.45) is 0 Å². The van der Waals surface area contributed by atoms with Gasteiger partial charge in [-0.3, -0.25) is 9.59 Å². The smallest absolute Gasteiger partial charge is 0.416 e. The minimum atomic E-state index is -4.58. The predicted molar refractivity (Wildman–Crippen MR) is 112 cm³/mol. The number of aromatic nitrogens is 2. The van der Waals surface area contributed by atoms with E-state index in [9.17, 15) is 22.8 Å². The molecule has 0 unspecified atom stereocenters. The normalized spacial score (nSPS) is 11.7. The minimum Gasteiger partial charge on any atom is -0.491 e. The van der Waals surface area contributed by atoms with Gasteiger partial charge in [-0.15, -0.1) is 0 Å². The maximum Gasteiger partial charge on any atom is 0.416 e. The highest BCUT2D eigenvalue weighted by atomic mass is 19.4. The van der Waals surface area contributed by atoms with E-state index in [0.29, 0.717) is 17.2 Å². The summed E-state index contributed by atoms with van der Waals surface area (Å²) in [6, 6.07) is 9.05. The van der Waals surface area contributed by atoms with Gasteiger partial charge in [-0.05, 0) is 44.5 Å². The summed E-state index contributed by atoms with van der Waals surface area (Å²) >= 11 is 0. The molecule has 6 nitrogen and oxygen atoms in total. The summed E-state index contributed by atoms with van der Waals surface area (Å²) in [4.78, 5) is 25.7. The van der Waals surface area contributed by atoms with Crippen LogP contribution >= 0.6 is 0 Å². The van der Waals surface area contributed by atoms with E-state index in [1.54, 1.807) is 38.1 Å². The molecule has 0 radical (unpaired) electrons. The third-order valence-electron chi connectivity index (χ3n) is 4.55. The van der Waals surface area contributed by atoms with Gasteiger partial charge in [0.05, 0.1) is 29.3 Å². The molecule has 0 atom stereocenters. The molecule has 1 amide bonds. The first kappa shape index (κ1) is 22.3. The van der Waals surface area contributed by atoms with Crippen LogP contribution in [0.25, 0.3) is 10.8 Å². The average molecular weight is 433 g/mol. The molecule has 0 fully saturated rings. The largest absolute Gasteiger partial charge is 0.491 e. The monoisotopic (exact) mass is 433 g/mol. The van der Waals surface area contributed by atoms with Crippen molar-refractivity contribution in [3.63, 3.8) is 0 Å². The number of nitrogens with one attached hydrogen (secondary N) is 1. The van der Waals surface area contributed by atoms with E-state index in [-0.39, 0.29) is 35.3 Å². The first-order chi connectivity index (χ1) is 14.6. The number of rotatable bonds is 6. The zero-order valence-electron chi connectivity index (χ0n) is 17.3. The van der Waals surface area contributed by atoms with Crippen molar-refractivity contribution in [1.29, 1.82) is 0 Å². The molecule has 3 rings (SSSR count). The van der Waals surface area contributed by atoms with Gasteiger partial charge < -0.3 is 10.1 Å². The molecular weight excluding hydrogens is 411 g/mol. The summed E-state index contributed by atoms with van der Waals surface area (Å²) in [6.45, 7) is 5.61. The van der Waals surface area contributed by atoms with E-state index in [4.69, 9.17) is 4.74 Å². The highest BCUT2D eigenvalue weighted by molar-refractivity contribution is 6.11. The van der Waals surface area contributed by atoms with Crippen molar-refractivity contribution in [2.45, 2.75) is 39.4 Å². The predicted octanol–water partition coefficient (Wildman–Crippen LogP) is 5.04. The van der Waals surface area contributed by atoms with Crippen molar-refractivity contribution >= 4 is 22.4 Å². The molecule has 0 spiro atoms. The molecule has 1 heterocycles. The molecule has 1 aromatic heterocycles. The van der Waals surface area contributed by atoms with Gasteiger partial charge in [-0.2, -0.15) is 18.3 Å². The Morgan fingerprint density at radius 2 is 1.84 bits per heavy atom. The number of alkyl halides is 3. The Hall–Kier alpha value is -3.36. The van der Waals surface area contributed by atoms with Crippen LogP contribution in [0.1, 0.15) is 49.3 Å². The lowest BCUT2D eigenvalue weighted by Crippen LogP contribution is -2.29. The van der Waals surface area contributed by atoms with Gasteiger partial charge in [0.2, 0.25) is 0 Å². The highest BCUT2D eigenvalue weighted by Crippen LogP contribution is 2.35. The van der Waals surface area contributed by atoms with Crippen LogP contribution in [0.15, 0.2) is 47.3 Å². The SMILES string of the molecule is CCCOc1ccc(C(F)(F)F)cc1NC(=O)c1nn(C(C)C)c(=O)c2ccccc12. The number of benzene rings is 2. The highest BCUT2D eigenvalue weighted by Gasteiger charge is 2.31. The molecule has 31 heavy (non-hydrogen) atoms. The molecule has 2 aromatic carbocycles. The zero-order valence-corrected chi connectivity index (χ0v) is 17.3. The number of fused-ring (bicyclic) bond motifs is 1. The fourth-order valence-electron chi connectivity index (χ4n) is 3.05. The van der Waals surface area contributed by atoms with Crippen molar-refractivity contribution in [3.8, 4) is 5.75 Å². The van der Waals surface area contributed by atoms with Crippen molar-refractivity contribution < 1.29 is 22.7 Å². The third kappa shape index (κ3) is 4.70. The van der Waals surface area contributed by atoms with Crippen LogP contribution in [-0.4, -0.2) is 22.3 Å². The lowest BCUT2D eigenvalue weighted by atomic mass is 10.1. The summed E-state index contributed by atoms with van der Waals surface area (Å²) < 4.78 is 46.3. The third-order valence-corrected chi connectivity index (χ3v) is 4.55. The Morgan fingerprint density at radius 1 is 1.16 bits per heavy atom. The maximum absolute atomic E-state index is 13.2. The van der Waals surface area contributed by atoms with Gasteiger partial charge in [0.1, 0.15) is 5.75 Å². The van der Waals surface area contributed by atoms with Crippen LogP contribution in [0.3, 0.4) is 0 Å². The standard InChI is InChI=1S/C22H22F3N3O3/c1-4-11-31-18-10-9-14(22(23,24)25)12-17(18)26-20(29)19-15-7-5-6-8-16(15)21(30)28(27-19)13(2)3/h5-10,12-13H,4,11H2,1-3H3,(H,26,29). The molecule has 0 aliphatic carbocycles. The fraction of sp³-hybridized carbons (Fsp3) is 0.318. The van der Waals surface area contributed by atoms with E-state index in [2.05, 4.69) is 10.4 Å². The second-order valence-electron chi connectivity index (χ2n) is 7.25. The molecule has 0 aliphatic heterocycles. The molecule has 0 saturated heterocycles. The number of hydrogen-bond acceptors (Lipinski definition) is 4. The second-order valence-corrected chi connectivity index (χ2v) is 7.25. The van der Waals surface area contributed by atoms with Gasteiger partial charge in [0.15, 0.2) is 5.69 Å². The first-order valence-electron chi connectivity index (χ1n) is 9.80. The van der Waals surface area contributed by atoms with Gasteiger partial charge in [0, 0.05) is 5.39 Å². The number of nitrogens with zero attached hydrogens (tertiary/aromatic N) is 2. The lowest BCUT2D eigenvalue weighted by Gasteiger charge is -2.16. The minimum absolute atomic E-state index is 0.0669. The number of anilines is 1. The number of amides is 1. The number of halogens is 3. The lowest BCUT2D eigenvalue weighted by molar-refractivity contribution is -0.137. The van der Waals surface area contributed by atoms with Crippen LogP contribution in [0, 0.1) is 0 Å². The fourth-order valence-corrected chi connectivity index (χ4v) is 3.05. The molecule has 3 aromatic rings.